The van der Waals surface area contributed by atoms with Crippen LogP contribution >= 0.6 is 11.6 Å². The molecule has 0 spiro atoms. The molecule has 4 heteroatoms. The van der Waals surface area contributed by atoms with Crippen molar-refractivity contribution in [1.29, 1.82) is 0 Å². The summed E-state index contributed by atoms with van der Waals surface area (Å²) < 4.78 is 17.8. The summed E-state index contributed by atoms with van der Waals surface area (Å²) in [6.07, 6.45) is 0.482. The number of esters is 1. The van der Waals surface area contributed by atoms with Crippen LogP contribution in [0.3, 0.4) is 0 Å². The van der Waals surface area contributed by atoms with E-state index in [9.17, 15) is 9.18 Å². The average Bonchev–Trinajstić information content (AvgIpc) is 2.47. The molecule has 0 amide bonds. The molecule has 104 valence electrons. The summed E-state index contributed by atoms with van der Waals surface area (Å²) in [5.74, 6) is -1.13. The Hall–Kier alpha value is -1.87. The SMILES string of the molecule is COC(=O)[C@@H](Cc1ccc(Cl)cc1)c1ccc(F)cc1. The molecule has 2 aromatic carbocycles. The van der Waals surface area contributed by atoms with Gasteiger partial charge < -0.3 is 4.74 Å². The fourth-order valence-electron chi connectivity index (χ4n) is 2.03. The van der Waals surface area contributed by atoms with Gasteiger partial charge in [-0.2, -0.15) is 0 Å². The number of ether oxygens (including phenoxy) is 1. The van der Waals surface area contributed by atoms with E-state index >= 15 is 0 Å². The van der Waals surface area contributed by atoms with Gasteiger partial charge in [-0.15, -0.1) is 0 Å². The lowest BCUT2D eigenvalue weighted by atomic mass is 9.92. The van der Waals surface area contributed by atoms with Crippen molar-refractivity contribution >= 4 is 17.6 Å². The van der Waals surface area contributed by atoms with Crippen molar-refractivity contribution in [1.82, 2.24) is 0 Å². The van der Waals surface area contributed by atoms with E-state index in [1.165, 1.54) is 19.2 Å². The highest BCUT2D eigenvalue weighted by molar-refractivity contribution is 6.30. The lowest BCUT2D eigenvalue weighted by molar-refractivity contribution is -0.142. The van der Waals surface area contributed by atoms with Crippen LogP contribution in [0.15, 0.2) is 48.5 Å². The highest BCUT2D eigenvalue weighted by Gasteiger charge is 2.21. The number of rotatable bonds is 4. The topological polar surface area (TPSA) is 26.3 Å². The van der Waals surface area contributed by atoms with Crippen LogP contribution in [0, 0.1) is 5.82 Å². The second-order valence-electron chi connectivity index (χ2n) is 4.46. The molecular weight excluding hydrogens is 279 g/mol. The molecular formula is C16H14ClFO2. The summed E-state index contributed by atoms with van der Waals surface area (Å²) in [5, 5.41) is 0.644. The molecule has 1 atom stereocenters. The van der Waals surface area contributed by atoms with Crippen molar-refractivity contribution in [3.8, 4) is 0 Å². The Balaban J connectivity index is 2.26. The molecule has 0 aliphatic carbocycles. The summed E-state index contributed by atoms with van der Waals surface area (Å²) in [6.45, 7) is 0. The van der Waals surface area contributed by atoms with Gasteiger partial charge in [-0.3, -0.25) is 4.79 Å². The molecule has 0 radical (unpaired) electrons. The van der Waals surface area contributed by atoms with Gasteiger partial charge in [-0.05, 0) is 41.8 Å². The third-order valence-corrected chi connectivity index (χ3v) is 3.36. The number of benzene rings is 2. The van der Waals surface area contributed by atoms with Gasteiger partial charge in [0.15, 0.2) is 0 Å². The number of halogens is 2. The molecule has 0 bridgehead atoms. The van der Waals surface area contributed by atoms with Crippen molar-refractivity contribution in [2.45, 2.75) is 12.3 Å². The molecule has 0 aromatic heterocycles. The molecule has 0 unspecified atom stereocenters. The lowest BCUT2D eigenvalue weighted by Gasteiger charge is -2.15. The quantitative estimate of drug-likeness (QED) is 0.797. The van der Waals surface area contributed by atoms with Crippen molar-refractivity contribution in [3.63, 3.8) is 0 Å². The van der Waals surface area contributed by atoms with Crippen LogP contribution in [0.5, 0.6) is 0 Å². The van der Waals surface area contributed by atoms with Gasteiger partial charge >= 0.3 is 5.97 Å². The predicted octanol–water partition coefficient (Wildman–Crippen LogP) is 3.98. The summed E-state index contributed by atoms with van der Waals surface area (Å²) in [6, 6.07) is 13.2. The molecule has 0 N–H and O–H groups in total. The van der Waals surface area contributed by atoms with E-state index in [1.807, 2.05) is 12.1 Å². The number of carbonyl (C=O) groups excluding carboxylic acids is 1. The average molecular weight is 293 g/mol. The first kappa shape index (κ1) is 14.5. The number of carbonyl (C=O) groups is 1. The predicted molar refractivity (Wildman–Crippen MR) is 76.3 cm³/mol. The van der Waals surface area contributed by atoms with Crippen LogP contribution in [-0.2, 0) is 16.0 Å². The fourth-order valence-corrected chi connectivity index (χ4v) is 2.16. The standard InChI is InChI=1S/C16H14ClFO2/c1-20-16(19)15(12-4-8-14(18)9-5-12)10-11-2-6-13(17)7-3-11/h2-9,15H,10H2,1H3/t15-/m0/s1. The van der Waals surface area contributed by atoms with Crippen LogP contribution in [0.1, 0.15) is 17.0 Å². The second-order valence-corrected chi connectivity index (χ2v) is 4.89. The zero-order valence-electron chi connectivity index (χ0n) is 11.0. The van der Waals surface area contributed by atoms with Crippen molar-refractivity contribution in [2.75, 3.05) is 7.11 Å². The summed E-state index contributed by atoms with van der Waals surface area (Å²) in [7, 11) is 1.35. The lowest BCUT2D eigenvalue weighted by Crippen LogP contribution is -2.16. The normalized spacial score (nSPS) is 11.9. The van der Waals surface area contributed by atoms with Crippen molar-refractivity contribution in [2.24, 2.45) is 0 Å². The van der Waals surface area contributed by atoms with Crippen LogP contribution in [0.2, 0.25) is 5.02 Å². The molecule has 2 aromatic rings. The largest absolute Gasteiger partial charge is 0.469 e. The number of methoxy groups -OCH3 is 1. The van der Waals surface area contributed by atoms with Gasteiger partial charge in [0.1, 0.15) is 5.82 Å². The summed E-state index contributed by atoms with van der Waals surface area (Å²) in [5.41, 5.74) is 1.70. The summed E-state index contributed by atoms with van der Waals surface area (Å²) >= 11 is 5.84. The maximum atomic E-state index is 13.0. The van der Waals surface area contributed by atoms with E-state index in [0.29, 0.717) is 11.4 Å². The van der Waals surface area contributed by atoms with E-state index in [0.717, 1.165) is 11.1 Å². The smallest absolute Gasteiger partial charge is 0.313 e. The van der Waals surface area contributed by atoms with E-state index in [-0.39, 0.29) is 11.8 Å². The number of hydrogen-bond acceptors (Lipinski definition) is 2. The van der Waals surface area contributed by atoms with Gasteiger partial charge in [0.2, 0.25) is 0 Å². The third kappa shape index (κ3) is 3.58. The van der Waals surface area contributed by atoms with Crippen LogP contribution in [0.4, 0.5) is 4.39 Å². The molecule has 0 saturated carbocycles. The van der Waals surface area contributed by atoms with Gasteiger partial charge in [0.05, 0.1) is 13.0 Å². The first-order valence-electron chi connectivity index (χ1n) is 6.18. The van der Waals surface area contributed by atoms with Crippen molar-refractivity contribution < 1.29 is 13.9 Å². The highest BCUT2D eigenvalue weighted by Crippen LogP contribution is 2.23. The van der Waals surface area contributed by atoms with E-state index in [1.54, 1.807) is 24.3 Å². The maximum Gasteiger partial charge on any atom is 0.313 e. The summed E-state index contributed by atoms with van der Waals surface area (Å²) in [4.78, 5) is 11.9. The maximum absolute atomic E-state index is 13.0. The zero-order chi connectivity index (χ0) is 14.5. The Bertz CT molecular complexity index is 578. The van der Waals surface area contributed by atoms with Gasteiger partial charge in [0, 0.05) is 5.02 Å². The Kier molecular flexibility index (Phi) is 4.74. The Morgan fingerprint density at radius 1 is 1.15 bits per heavy atom. The minimum Gasteiger partial charge on any atom is -0.469 e. The molecule has 0 heterocycles. The number of hydrogen-bond donors (Lipinski definition) is 0. The van der Waals surface area contributed by atoms with Crippen LogP contribution < -0.4 is 0 Å². The highest BCUT2D eigenvalue weighted by atomic mass is 35.5. The Morgan fingerprint density at radius 2 is 1.75 bits per heavy atom. The monoisotopic (exact) mass is 292 g/mol. The minimum atomic E-state index is -0.457. The second kappa shape index (κ2) is 6.53. The Labute approximate surface area is 122 Å². The van der Waals surface area contributed by atoms with Crippen molar-refractivity contribution in [3.05, 3.63) is 70.5 Å². The zero-order valence-corrected chi connectivity index (χ0v) is 11.7. The molecule has 0 aliphatic rings. The van der Waals surface area contributed by atoms with Gasteiger partial charge in [-0.1, -0.05) is 35.9 Å². The molecule has 20 heavy (non-hydrogen) atoms. The van der Waals surface area contributed by atoms with E-state index in [4.69, 9.17) is 16.3 Å². The van der Waals surface area contributed by atoms with Gasteiger partial charge in [-0.25, -0.2) is 4.39 Å². The molecule has 0 aliphatic heterocycles. The molecule has 2 rings (SSSR count). The first-order valence-corrected chi connectivity index (χ1v) is 6.55. The van der Waals surface area contributed by atoms with Crippen LogP contribution in [-0.4, -0.2) is 13.1 Å². The van der Waals surface area contributed by atoms with E-state index in [2.05, 4.69) is 0 Å². The molecule has 0 fully saturated rings. The third-order valence-electron chi connectivity index (χ3n) is 3.11. The molecule has 2 nitrogen and oxygen atoms in total. The first-order chi connectivity index (χ1) is 9.60. The van der Waals surface area contributed by atoms with Crippen LogP contribution in [0.25, 0.3) is 0 Å². The molecule has 0 saturated heterocycles. The Morgan fingerprint density at radius 3 is 2.30 bits per heavy atom. The minimum absolute atomic E-state index is 0.330. The van der Waals surface area contributed by atoms with Gasteiger partial charge in [0.25, 0.3) is 0 Å². The van der Waals surface area contributed by atoms with E-state index < -0.39 is 5.92 Å². The fraction of sp³-hybridized carbons (Fsp3) is 0.188.